The van der Waals surface area contributed by atoms with Crippen LogP contribution in [0, 0.1) is 0 Å². The van der Waals surface area contributed by atoms with Crippen molar-refractivity contribution in [1.29, 1.82) is 0 Å². The fraction of sp³-hybridized carbons (Fsp3) is 0.312. The first-order valence-corrected chi connectivity index (χ1v) is 6.88. The van der Waals surface area contributed by atoms with E-state index in [9.17, 15) is 0 Å². The van der Waals surface area contributed by atoms with Crippen molar-refractivity contribution >= 4 is 5.82 Å². The lowest BCUT2D eigenvalue weighted by Crippen LogP contribution is -2.09. The number of nitrogen functional groups attached to an aromatic ring is 1. The van der Waals surface area contributed by atoms with Crippen LogP contribution in [0.15, 0.2) is 42.5 Å². The lowest BCUT2D eigenvalue weighted by molar-refractivity contribution is 0.301. The molecular weight excluding hydrogens is 250 g/mol. The van der Waals surface area contributed by atoms with Crippen LogP contribution in [-0.2, 0) is 6.61 Å². The van der Waals surface area contributed by atoms with Crippen LogP contribution in [0.25, 0.3) is 0 Å². The Bertz CT molecular complexity index is 540. The van der Waals surface area contributed by atoms with Crippen molar-refractivity contribution in [3.05, 3.63) is 53.7 Å². The largest absolute Gasteiger partial charge is 0.487 e. The van der Waals surface area contributed by atoms with Crippen LogP contribution in [-0.4, -0.2) is 4.98 Å². The fourth-order valence-electron chi connectivity index (χ4n) is 1.93. The highest BCUT2D eigenvalue weighted by atomic mass is 16.5. The number of anilines is 1. The number of nitrogens with two attached hydrogens (primary N) is 1. The maximum Gasteiger partial charge on any atom is 0.140 e. The van der Waals surface area contributed by atoms with Gasteiger partial charge in [-0.2, -0.15) is 0 Å². The smallest absolute Gasteiger partial charge is 0.140 e. The van der Waals surface area contributed by atoms with Gasteiger partial charge in [-0.15, -0.1) is 0 Å². The molecule has 2 aromatic rings. The van der Waals surface area contributed by atoms with Crippen molar-refractivity contribution in [3.8, 4) is 5.75 Å². The van der Waals surface area contributed by atoms with Crippen LogP contribution >= 0.6 is 0 Å². The summed E-state index contributed by atoms with van der Waals surface area (Å²) in [6.45, 7) is 4.85. The van der Waals surface area contributed by atoms with E-state index in [0.717, 1.165) is 17.9 Å². The molecule has 0 fully saturated rings. The lowest BCUT2D eigenvalue weighted by Gasteiger charge is -2.11. The number of hydrogen-bond acceptors (Lipinski definition) is 4. The van der Waals surface area contributed by atoms with Gasteiger partial charge < -0.3 is 10.2 Å². The first-order valence-electron chi connectivity index (χ1n) is 6.88. The average Bonchev–Trinajstić information content (AvgIpc) is 2.53. The number of aromatic nitrogens is 1. The molecule has 4 heteroatoms. The number of hydrogen-bond donors (Lipinski definition) is 2. The molecule has 0 saturated heterocycles. The number of benzene rings is 1. The molecular formula is C16H21N3O. The van der Waals surface area contributed by atoms with Gasteiger partial charge in [0, 0.05) is 0 Å². The quantitative estimate of drug-likeness (QED) is 0.624. The molecule has 0 saturated carbocycles. The molecule has 0 aliphatic carbocycles. The van der Waals surface area contributed by atoms with Crippen LogP contribution in [0.5, 0.6) is 5.75 Å². The summed E-state index contributed by atoms with van der Waals surface area (Å²) >= 11 is 0. The number of ether oxygens (including phenoxy) is 1. The predicted molar refractivity (Wildman–Crippen MR) is 81.5 cm³/mol. The maximum atomic E-state index is 5.73. The molecule has 1 heterocycles. The molecule has 0 radical (unpaired) electrons. The maximum absolute atomic E-state index is 5.73. The topological polar surface area (TPSA) is 60.2 Å². The van der Waals surface area contributed by atoms with E-state index in [1.807, 2.05) is 30.3 Å². The normalized spacial score (nSPS) is 11.9. The minimum atomic E-state index is 0.429. The van der Waals surface area contributed by atoms with Gasteiger partial charge in [-0.3, -0.25) is 0 Å². The lowest BCUT2D eigenvalue weighted by atomic mass is 9.99. The van der Waals surface area contributed by atoms with Gasteiger partial charge >= 0.3 is 0 Å². The van der Waals surface area contributed by atoms with Crippen molar-refractivity contribution in [1.82, 2.24) is 4.98 Å². The average molecular weight is 271 g/mol. The number of rotatable bonds is 6. The molecule has 1 aromatic heterocycles. The Morgan fingerprint density at radius 3 is 2.60 bits per heavy atom. The highest BCUT2D eigenvalue weighted by Crippen LogP contribution is 2.21. The Balaban J connectivity index is 1.96. The number of nitrogens with one attached hydrogen (secondary N) is 1. The number of nitrogens with zero attached hydrogens (tertiary/aromatic N) is 1. The minimum absolute atomic E-state index is 0.429. The Morgan fingerprint density at radius 1 is 1.20 bits per heavy atom. The zero-order valence-electron chi connectivity index (χ0n) is 12.0. The second kappa shape index (κ2) is 6.91. The van der Waals surface area contributed by atoms with E-state index in [4.69, 9.17) is 10.6 Å². The van der Waals surface area contributed by atoms with E-state index in [2.05, 4.69) is 36.4 Å². The molecule has 106 valence electrons. The van der Waals surface area contributed by atoms with E-state index in [1.165, 1.54) is 5.56 Å². The van der Waals surface area contributed by atoms with Crippen LogP contribution in [0.4, 0.5) is 5.82 Å². The molecule has 1 aromatic carbocycles. The second-order valence-corrected chi connectivity index (χ2v) is 4.83. The van der Waals surface area contributed by atoms with Gasteiger partial charge in [0.2, 0.25) is 0 Å². The third-order valence-electron chi connectivity index (χ3n) is 3.40. The molecule has 1 unspecified atom stereocenters. The molecule has 0 bridgehead atoms. The first-order chi connectivity index (χ1) is 9.72. The van der Waals surface area contributed by atoms with Crippen LogP contribution in [0.1, 0.15) is 37.4 Å². The summed E-state index contributed by atoms with van der Waals surface area (Å²) in [5.74, 6) is 7.40. The van der Waals surface area contributed by atoms with Gasteiger partial charge in [0.1, 0.15) is 18.2 Å². The third-order valence-corrected chi connectivity index (χ3v) is 3.40. The highest BCUT2D eigenvalue weighted by Gasteiger charge is 2.03. The number of pyridine rings is 1. The summed E-state index contributed by atoms with van der Waals surface area (Å²) in [5.41, 5.74) is 4.70. The van der Waals surface area contributed by atoms with Gasteiger partial charge in [0.05, 0.1) is 5.69 Å². The highest BCUT2D eigenvalue weighted by molar-refractivity contribution is 5.34. The van der Waals surface area contributed by atoms with E-state index < -0.39 is 0 Å². The van der Waals surface area contributed by atoms with E-state index in [0.29, 0.717) is 18.3 Å². The Kier molecular flexibility index (Phi) is 4.96. The summed E-state index contributed by atoms with van der Waals surface area (Å²) in [7, 11) is 0. The standard InChI is InChI=1S/C16H21N3O/c1-3-12(2)13-7-9-15(10-8-13)20-11-14-5-4-6-16(18-14)19-17/h4-10,12H,3,11,17H2,1-2H3,(H,18,19). The molecule has 4 nitrogen and oxygen atoms in total. The van der Waals surface area contributed by atoms with Crippen molar-refractivity contribution in [3.63, 3.8) is 0 Å². The summed E-state index contributed by atoms with van der Waals surface area (Å²) in [6, 6.07) is 13.9. The Labute approximate surface area is 120 Å². The van der Waals surface area contributed by atoms with E-state index in [-0.39, 0.29) is 0 Å². The first kappa shape index (κ1) is 14.3. The zero-order valence-corrected chi connectivity index (χ0v) is 12.0. The monoisotopic (exact) mass is 271 g/mol. The van der Waals surface area contributed by atoms with Gasteiger partial charge in [0.15, 0.2) is 0 Å². The fourth-order valence-corrected chi connectivity index (χ4v) is 1.93. The van der Waals surface area contributed by atoms with Gasteiger partial charge in [-0.1, -0.05) is 32.0 Å². The number of hydrazine groups is 1. The molecule has 0 spiro atoms. The Hall–Kier alpha value is -2.07. The van der Waals surface area contributed by atoms with Crippen molar-refractivity contribution in [2.45, 2.75) is 32.8 Å². The molecule has 20 heavy (non-hydrogen) atoms. The summed E-state index contributed by atoms with van der Waals surface area (Å²) in [6.07, 6.45) is 1.14. The third kappa shape index (κ3) is 3.71. The van der Waals surface area contributed by atoms with Crippen LogP contribution in [0.2, 0.25) is 0 Å². The predicted octanol–water partition coefficient (Wildman–Crippen LogP) is 3.46. The molecule has 0 aliphatic rings. The van der Waals surface area contributed by atoms with Gasteiger partial charge in [-0.05, 0) is 42.2 Å². The van der Waals surface area contributed by atoms with E-state index in [1.54, 1.807) is 0 Å². The molecule has 2 rings (SSSR count). The van der Waals surface area contributed by atoms with Crippen molar-refractivity contribution in [2.75, 3.05) is 5.43 Å². The zero-order chi connectivity index (χ0) is 14.4. The second-order valence-electron chi connectivity index (χ2n) is 4.83. The molecule has 0 aliphatic heterocycles. The summed E-state index contributed by atoms with van der Waals surface area (Å²) in [5, 5.41) is 0. The van der Waals surface area contributed by atoms with Gasteiger partial charge in [-0.25, -0.2) is 10.8 Å². The van der Waals surface area contributed by atoms with E-state index >= 15 is 0 Å². The molecule has 1 atom stereocenters. The molecule has 0 amide bonds. The van der Waals surface area contributed by atoms with Crippen molar-refractivity contribution < 1.29 is 4.74 Å². The minimum Gasteiger partial charge on any atom is -0.487 e. The SMILES string of the molecule is CCC(C)c1ccc(OCc2cccc(NN)n2)cc1. The summed E-state index contributed by atoms with van der Waals surface area (Å²) in [4.78, 5) is 4.30. The van der Waals surface area contributed by atoms with Gasteiger partial charge in [0.25, 0.3) is 0 Å². The molecule has 3 N–H and O–H groups in total. The van der Waals surface area contributed by atoms with Crippen LogP contribution < -0.4 is 16.0 Å². The van der Waals surface area contributed by atoms with Crippen LogP contribution in [0.3, 0.4) is 0 Å². The summed E-state index contributed by atoms with van der Waals surface area (Å²) < 4.78 is 5.73. The van der Waals surface area contributed by atoms with Crippen molar-refractivity contribution in [2.24, 2.45) is 5.84 Å². The Morgan fingerprint density at radius 2 is 1.95 bits per heavy atom.